The van der Waals surface area contributed by atoms with Gasteiger partial charge in [0.1, 0.15) is 11.6 Å². The van der Waals surface area contributed by atoms with E-state index in [0.717, 1.165) is 19.4 Å². The fourth-order valence-electron chi connectivity index (χ4n) is 2.31. The number of likely N-dealkylation sites (N-methyl/N-ethyl adjacent to an activating group) is 1. The van der Waals surface area contributed by atoms with Gasteiger partial charge in [-0.3, -0.25) is 10.1 Å². The molecule has 1 aliphatic rings. The van der Waals surface area contributed by atoms with E-state index in [1.165, 1.54) is 12.3 Å². The first-order valence-electron chi connectivity index (χ1n) is 6.11. The molecule has 1 atom stereocenters. The van der Waals surface area contributed by atoms with Crippen molar-refractivity contribution in [2.45, 2.75) is 18.9 Å². The lowest BCUT2D eigenvalue weighted by atomic mass is 10.2. The fraction of sp³-hybridized carbons (Fsp3) is 0.500. The number of nitrogens with one attached hydrogen (secondary N) is 1. The topological polar surface area (TPSA) is 95.1 Å². The van der Waals surface area contributed by atoms with Crippen molar-refractivity contribution in [3.8, 4) is 6.07 Å². The van der Waals surface area contributed by atoms with Crippen molar-refractivity contribution in [3.63, 3.8) is 0 Å². The summed E-state index contributed by atoms with van der Waals surface area (Å²) in [5.41, 5.74) is -0.215. The zero-order valence-electron chi connectivity index (χ0n) is 10.7. The molecule has 0 spiro atoms. The molecule has 2 heterocycles. The Hall–Kier alpha value is -2.20. The number of aromatic nitrogens is 1. The third-order valence-corrected chi connectivity index (χ3v) is 3.40. The maximum atomic E-state index is 11.0. The Morgan fingerprint density at radius 1 is 1.74 bits per heavy atom. The summed E-state index contributed by atoms with van der Waals surface area (Å²) < 4.78 is 0. The summed E-state index contributed by atoms with van der Waals surface area (Å²) in [6.45, 7) is 1.64. The lowest BCUT2D eigenvalue weighted by molar-refractivity contribution is -0.384. The van der Waals surface area contributed by atoms with Crippen LogP contribution in [0, 0.1) is 21.4 Å². The molecule has 1 N–H and O–H groups in total. The second kappa shape index (κ2) is 5.63. The van der Waals surface area contributed by atoms with Crippen LogP contribution in [-0.2, 0) is 0 Å². The summed E-state index contributed by atoms with van der Waals surface area (Å²) in [5.74, 6) is 0.171. The first kappa shape index (κ1) is 13.2. The molecule has 0 radical (unpaired) electrons. The number of hydrogen-bond donors (Lipinski definition) is 1. The quantitative estimate of drug-likeness (QED) is 0.649. The summed E-state index contributed by atoms with van der Waals surface area (Å²) in [4.78, 5) is 16.7. The minimum Gasteiger partial charge on any atom is -0.363 e. The molecule has 19 heavy (non-hydrogen) atoms. The van der Waals surface area contributed by atoms with Crippen LogP contribution in [0.15, 0.2) is 12.3 Å². The van der Waals surface area contributed by atoms with E-state index in [2.05, 4.69) is 15.2 Å². The highest BCUT2D eigenvalue weighted by atomic mass is 16.6. The van der Waals surface area contributed by atoms with Gasteiger partial charge < -0.3 is 10.2 Å². The van der Waals surface area contributed by atoms with Gasteiger partial charge in [-0.15, -0.1) is 0 Å². The molecule has 1 aliphatic heterocycles. The Bertz CT molecular complexity index is 525. The highest BCUT2D eigenvalue weighted by Crippen LogP contribution is 2.26. The number of hydrogen-bond acceptors (Lipinski definition) is 6. The third kappa shape index (κ3) is 2.80. The zero-order valence-corrected chi connectivity index (χ0v) is 10.7. The average molecular weight is 261 g/mol. The molecule has 0 amide bonds. The fourth-order valence-corrected chi connectivity index (χ4v) is 2.31. The van der Waals surface area contributed by atoms with Crippen LogP contribution in [0.4, 0.5) is 11.5 Å². The molecule has 7 heteroatoms. The summed E-state index contributed by atoms with van der Waals surface area (Å²) in [6.07, 6.45) is 3.61. The first-order valence-corrected chi connectivity index (χ1v) is 6.11. The van der Waals surface area contributed by atoms with Crippen LogP contribution in [-0.4, -0.2) is 41.0 Å². The molecule has 1 unspecified atom stereocenters. The number of nitrogens with zero attached hydrogens (tertiary/aromatic N) is 4. The second-order valence-electron chi connectivity index (χ2n) is 4.58. The smallest absolute Gasteiger partial charge is 0.328 e. The van der Waals surface area contributed by atoms with Crippen molar-refractivity contribution in [1.82, 2.24) is 9.88 Å². The van der Waals surface area contributed by atoms with Crippen molar-refractivity contribution in [2.24, 2.45) is 0 Å². The highest BCUT2D eigenvalue weighted by molar-refractivity contribution is 5.64. The molecule has 1 fully saturated rings. The van der Waals surface area contributed by atoms with E-state index in [1.54, 1.807) is 0 Å². The van der Waals surface area contributed by atoms with Crippen molar-refractivity contribution in [3.05, 3.63) is 27.9 Å². The van der Waals surface area contributed by atoms with Gasteiger partial charge in [-0.1, -0.05) is 0 Å². The van der Waals surface area contributed by atoms with Gasteiger partial charge in [0.15, 0.2) is 0 Å². The van der Waals surface area contributed by atoms with Crippen molar-refractivity contribution < 1.29 is 4.92 Å². The van der Waals surface area contributed by atoms with E-state index >= 15 is 0 Å². The monoisotopic (exact) mass is 261 g/mol. The van der Waals surface area contributed by atoms with Crippen LogP contribution < -0.4 is 5.32 Å². The van der Waals surface area contributed by atoms with E-state index < -0.39 is 4.92 Å². The van der Waals surface area contributed by atoms with Gasteiger partial charge in [0.2, 0.25) is 5.82 Å². The standard InChI is InChI=1S/C12H15N5O2/c1-16-6-2-3-10(16)8-15-12-11(17(18)19)9(7-13)4-5-14-12/h4-5,10H,2-3,6,8H2,1H3,(H,14,15). The molecule has 0 saturated carbocycles. The molecule has 1 aromatic rings. The minimum absolute atomic E-state index is 0.0299. The number of likely N-dealkylation sites (tertiary alicyclic amines) is 1. The van der Waals surface area contributed by atoms with E-state index in [9.17, 15) is 10.1 Å². The van der Waals surface area contributed by atoms with Gasteiger partial charge in [-0.2, -0.15) is 5.26 Å². The van der Waals surface area contributed by atoms with E-state index in [-0.39, 0.29) is 17.1 Å². The number of anilines is 1. The van der Waals surface area contributed by atoms with Gasteiger partial charge in [0.05, 0.1) is 4.92 Å². The van der Waals surface area contributed by atoms with Gasteiger partial charge >= 0.3 is 5.69 Å². The van der Waals surface area contributed by atoms with Crippen LogP contribution in [0.2, 0.25) is 0 Å². The Balaban J connectivity index is 2.16. The predicted octanol–water partition coefficient (Wildman–Crippen LogP) is 1.37. The second-order valence-corrected chi connectivity index (χ2v) is 4.58. The molecular formula is C12H15N5O2. The molecular weight excluding hydrogens is 246 g/mol. The largest absolute Gasteiger partial charge is 0.363 e. The number of rotatable bonds is 4. The number of nitriles is 1. The Morgan fingerprint density at radius 3 is 3.11 bits per heavy atom. The Kier molecular flexibility index (Phi) is 3.92. The predicted molar refractivity (Wildman–Crippen MR) is 69.7 cm³/mol. The maximum absolute atomic E-state index is 11.0. The number of nitro groups is 1. The van der Waals surface area contributed by atoms with Crippen molar-refractivity contribution in [2.75, 3.05) is 25.5 Å². The Labute approximate surface area is 111 Å². The summed E-state index contributed by atoms with van der Waals surface area (Å²) in [7, 11) is 2.03. The van der Waals surface area contributed by atoms with E-state index in [1.807, 2.05) is 13.1 Å². The van der Waals surface area contributed by atoms with Crippen LogP contribution in [0.5, 0.6) is 0 Å². The van der Waals surface area contributed by atoms with Gasteiger partial charge in [-0.25, -0.2) is 4.98 Å². The zero-order chi connectivity index (χ0) is 13.8. The molecule has 100 valence electrons. The average Bonchev–Trinajstić information content (AvgIpc) is 2.81. The Morgan fingerprint density at radius 2 is 2.53 bits per heavy atom. The summed E-state index contributed by atoms with van der Waals surface area (Å²) >= 11 is 0. The van der Waals surface area contributed by atoms with Crippen LogP contribution >= 0.6 is 0 Å². The SMILES string of the molecule is CN1CCCC1CNc1nccc(C#N)c1[N+](=O)[O-]. The summed E-state index contributed by atoms with van der Waals surface area (Å²) in [6, 6.07) is 3.53. The van der Waals surface area contributed by atoms with Crippen molar-refractivity contribution in [1.29, 1.82) is 5.26 Å². The first-order chi connectivity index (χ1) is 9.13. The minimum atomic E-state index is -0.563. The van der Waals surface area contributed by atoms with Crippen LogP contribution in [0.25, 0.3) is 0 Å². The van der Waals surface area contributed by atoms with Crippen molar-refractivity contribution >= 4 is 11.5 Å². The lowest BCUT2D eigenvalue weighted by Gasteiger charge is -2.19. The number of pyridine rings is 1. The van der Waals surface area contributed by atoms with Gasteiger partial charge in [0, 0.05) is 18.8 Å². The summed E-state index contributed by atoms with van der Waals surface area (Å²) in [5, 5.41) is 22.9. The van der Waals surface area contributed by atoms with Crippen LogP contribution in [0.3, 0.4) is 0 Å². The molecule has 0 aliphatic carbocycles. The lowest BCUT2D eigenvalue weighted by Crippen LogP contribution is -2.31. The van der Waals surface area contributed by atoms with Gasteiger partial charge in [0.25, 0.3) is 0 Å². The maximum Gasteiger partial charge on any atom is 0.328 e. The molecule has 2 rings (SSSR count). The molecule has 1 aromatic heterocycles. The highest BCUT2D eigenvalue weighted by Gasteiger charge is 2.24. The van der Waals surface area contributed by atoms with Crippen LogP contribution in [0.1, 0.15) is 18.4 Å². The van der Waals surface area contributed by atoms with Gasteiger partial charge in [-0.05, 0) is 32.5 Å². The molecule has 0 bridgehead atoms. The van der Waals surface area contributed by atoms with E-state index in [0.29, 0.717) is 12.6 Å². The normalized spacial score (nSPS) is 19.1. The third-order valence-electron chi connectivity index (χ3n) is 3.40. The molecule has 1 saturated heterocycles. The molecule has 0 aromatic carbocycles. The molecule has 7 nitrogen and oxygen atoms in total. The van der Waals surface area contributed by atoms with E-state index in [4.69, 9.17) is 5.26 Å².